The molecule has 1 aliphatic rings. The second-order valence-corrected chi connectivity index (χ2v) is 5.93. The van der Waals surface area contributed by atoms with Gasteiger partial charge in [-0.25, -0.2) is 4.98 Å². The fourth-order valence-corrected chi connectivity index (χ4v) is 3.38. The van der Waals surface area contributed by atoms with Gasteiger partial charge in [-0.2, -0.15) is 0 Å². The van der Waals surface area contributed by atoms with Crippen molar-refractivity contribution in [1.29, 1.82) is 0 Å². The summed E-state index contributed by atoms with van der Waals surface area (Å²) >= 11 is 0. The second kappa shape index (κ2) is 7.34. The van der Waals surface area contributed by atoms with Gasteiger partial charge in [0, 0.05) is 44.0 Å². The fraction of sp³-hybridized carbons (Fsp3) is 0.588. The summed E-state index contributed by atoms with van der Waals surface area (Å²) in [6.07, 6.45) is 5.85. The van der Waals surface area contributed by atoms with E-state index >= 15 is 0 Å². The van der Waals surface area contributed by atoms with Gasteiger partial charge in [0.25, 0.3) is 0 Å². The lowest BCUT2D eigenvalue weighted by Gasteiger charge is -2.28. The lowest BCUT2D eigenvalue weighted by molar-refractivity contribution is 0.188. The van der Waals surface area contributed by atoms with Crippen molar-refractivity contribution in [2.75, 3.05) is 31.7 Å². The van der Waals surface area contributed by atoms with Crippen LogP contribution in [0.15, 0.2) is 12.3 Å². The number of nitrogens with zero attached hydrogens (tertiary/aromatic N) is 3. The summed E-state index contributed by atoms with van der Waals surface area (Å²) in [5.74, 6) is 1.15. The first-order valence-corrected chi connectivity index (χ1v) is 7.92. The number of ether oxygens (including phenoxy) is 1. The molecule has 0 spiro atoms. The zero-order valence-electron chi connectivity index (χ0n) is 13.8. The smallest absolute Gasteiger partial charge is 0.153 e. The third-order valence-corrected chi connectivity index (χ3v) is 4.70. The third kappa shape index (κ3) is 2.95. The molecule has 1 saturated heterocycles. The Kier molecular flexibility index (Phi) is 5.70. The number of aromatic nitrogens is 2. The molecule has 0 aromatic carbocycles. The number of methoxy groups -OCH3 is 1. The molecule has 5 heteroatoms. The first-order chi connectivity index (χ1) is 10.2. The second-order valence-electron chi connectivity index (χ2n) is 5.93. The van der Waals surface area contributed by atoms with Crippen LogP contribution in [0, 0.1) is 13.8 Å². The van der Waals surface area contributed by atoms with Gasteiger partial charge in [0.05, 0.1) is 12.1 Å². The molecule has 0 bridgehead atoms. The zero-order valence-corrected chi connectivity index (χ0v) is 14.6. The van der Waals surface area contributed by atoms with E-state index in [9.17, 15) is 0 Å². The van der Waals surface area contributed by atoms with Crippen LogP contribution in [0.3, 0.4) is 0 Å². The van der Waals surface area contributed by atoms with Crippen molar-refractivity contribution < 1.29 is 4.74 Å². The number of piperidine rings is 1. The van der Waals surface area contributed by atoms with Gasteiger partial charge in [0.2, 0.25) is 0 Å². The number of hydrogen-bond acceptors (Lipinski definition) is 3. The lowest BCUT2D eigenvalue weighted by atomic mass is 10.1. The predicted octanol–water partition coefficient (Wildman–Crippen LogP) is 3.71. The molecule has 1 aliphatic heterocycles. The molecule has 0 saturated carbocycles. The Morgan fingerprint density at radius 3 is 2.59 bits per heavy atom. The molecule has 3 rings (SSSR count). The molecule has 0 aliphatic carbocycles. The largest absolute Gasteiger partial charge is 0.383 e. The molecule has 0 radical (unpaired) electrons. The summed E-state index contributed by atoms with van der Waals surface area (Å²) in [4.78, 5) is 7.17. The molecule has 0 N–H and O–H groups in total. The zero-order chi connectivity index (χ0) is 14.8. The lowest BCUT2D eigenvalue weighted by Crippen LogP contribution is -2.30. The highest BCUT2D eigenvalue weighted by Crippen LogP contribution is 2.32. The summed E-state index contributed by atoms with van der Waals surface area (Å²) in [6, 6.07) is 2.15. The molecule has 2 aromatic rings. The quantitative estimate of drug-likeness (QED) is 0.859. The minimum absolute atomic E-state index is 0. The molecule has 4 nitrogen and oxygen atoms in total. The summed E-state index contributed by atoms with van der Waals surface area (Å²) in [7, 11) is 1.76. The number of aryl methyl sites for hydroxylation is 1. The SMILES string of the molecule is COCCn1c(C)c(C)c2ccnc(N3CCCCC3)c21.Cl. The maximum absolute atomic E-state index is 5.29. The number of pyridine rings is 1. The van der Waals surface area contributed by atoms with Crippen LogP contribution in [0.2, 0.25) is 0 Å². The van der Waals surface area contributed by atoms with Crippen LogP contribution in [0.5, 0.6) is 0 Å². The van der Waals surface area contributed by atoms with Crippen LogP contribution in [0.25, 0.3) is 10.9 Å². The molecule has 3 heterocycles. The Morgan fingerprint density at radius 1 is 1.18 bits per heavy atom. The molecule has 0 unspecified atom stereocenters. The van der Waals surface area contributed by atoms with Gasteiger partial charge in [-0.3, -0.25) is 0 Å². The van der Waals surface area contributed by atoms with Crippen molar-refractivity contribution in [2.45, 2.75) is 39.7 Å². The van der Waals surface area contributed by atoms with Gasteiger partial charge in [-0.1, -0.05) is 0 Å². The Hall–Kier alpha value is -1.26. The van der Waals surface area contributed by atoms with Gasteiger partial charge in [0.1, 0.15) is 0 Å². The molecule has 2 aromatic heterocycles. The van der Waals surface area contributed by atoms with Crippen LogP contribution in [0.4, 0.5) is 5.82 Å². The standard InChI is InChI=1S/C17H25N3O.ClH/c1-13-14(2)20(11-12-21-3)16-15(13)7-8-18-17(16)19-9-5-4-6-10-19;/h7-8H,4-6,9-12H2,1-3H3;1H. The molecular formula is C17H26ClN3O. The molecule has 0 amide bonds. The van der Waals surface area contributed by atoms with Crippen molar-refractivity contribution in [3.8, 4) is 0 Å². The molecule has 22 heavy (non-hydrogen) atoms. The summed E-state index contributed by atoms with van der Waals surface area (Å²) in [6.45, 7) is 8.28. The monoisotopic (exact) mass is 323 g/mol. The third-order valence-electron chi connectivity index (χ3n) is 4.70. The summed E-state index contributed by atoms with van der Waals surface area (Å²) < 4.78 is 7.67. The summed E-state index contributed by atoms with van der Waals surface area (Å²) in [5, 5.41) is 1.33. The van der Waals surface area contributed by atoms with Crippen LogP contribution in [-0.4, -0.2) is 36.4 Å². The molecule has 0 atom stereocenters. The first kappa shape index (κ1) is 17.1. The minimum atomic E-state index is 0. The van der Waals surface area contributed by atoms with E-state index in [-0.39, 0.29) is 12.4 Å². The summed E-state index contributed by atoms with van der Waals surface area (Å²) in [5.41, 5.74) is 3.97. The molecule has 122 valence electrons. The van der Waals surface area contributed by atoms with Gasteiger partial charge in [-0.05, 0) is 44.7 Å². The van der Waals surface area contributed by atoms with Crippen molar-refractivity contribution in [1.82, 2.24) is 9.55 Å². The number of fused-ring (bicyclic) bond motifs is 1. The Bertz CT molecular complexity index is 632. The van der Waals surface area contributed by atoms with Gasteiger partial charge < -0.3 is 14.2 Å². The van der Waals surface area contributed by atoms with Crippen LogP contribution < -0.4 is 4.90 Å². The van der Waals surface area contributed by atoms with E-state index in [1.54, 1.807) is 7.11 Å². The number of hydrogen-bond donors (Lipinski definition) is 0. The van der Waals surface area contributed by atoms with E-state index in [1.807, 2.05) is 6.20 Å². The molecular weight excluding hydrogens is 298 g/mol. The molecule has 1 fully saturated rings. The van der Waals surface area contributed by atoms with Crippen molar-refractivity contribution in [3.05, 3.63) is 23.5 Å². The fourth-order valence-electron chi connectivity index (χ4n) is 3.38. The highest BCUT2D eigenvalue weighted by Gasteiger charge is 2.20. The van der Waals surface area contributed by atoms with E-state index in [0.29, 0.717) is 0 Å². The predicted molar refractivity (Wildman–Crippen MR) is 94.4 cm³/mol. The minimum Gasteiger partial charge on any atom is -0.383 e. The van der Waals surface area contributed by atoms with Crippen molar-refractivity contribution in [3.63, 3.8) is 0 Å². The van der Waals surface area contributed by atoms with Crippen molar-refractivity contribution >= 4 is 29.1 Å². The van der Waals surface area contributed by atoms with E-state index < -0.39 is 0 Å². The van der Waals surface area contributed by atoms with Gasteiger partial charge in [0.15, 0.2) is 5.82 Å². The highest BCUT2D eigenvalue weighted by molar-refractivity contribution is 5.93. The Morgan fingerprint density at radius 2 is 1.91 bits per heavy atom. The first-order valence-electron chi connectivity index (χ1n) is 7.92. The average molecular weight is 324 g/mol. The van der Waals surface area contributed by atoms with Crippen molar-refractivity contribution in [2.24, 2.45) is 0 Å². The topological polar surface area (TPSA) is 30.3 Å². The maximum atomic E-state index is 5.29. The van der Waals surface area contributed by atoms with Gasteiger partial charge >= 0.3 is 0 Å². The number of rotatable bonds is 4. The van der Waals surface area contributed by atoms with Crippen LogP contribution in [0.1, 0.15) is 30.5 Å². The average Bonchev–Trinajstić information content (AvgIpc) is 2.78. The number of halogens is 1. The Balaban J connectivity index is 0.00000176. The highest BCUT2D eigenvalue weighted by atomic mass is 35.5. The Labute approximate surface area is 138 Å². The van der Waals surface area contributed by atoms with E-state index in [2.05, 4.69) is 29.4 Å². The maximum Gasteiger partial charge on any atom is 0.153 e. The normalized spacial score (nSPS) is 15.1. The van der Waals surface area contributed by atoms with E-state index in [4.69, 9.17) is 9.72 Å². The van der Waals surface area contributed by atoms with Crippen LogP contribution >= 0.6 is 12.4 Å². The van der Waals surface area contributed by atoms with Gasteiger partial charge in [-0.15, -0.1) is 12.4 Å². The van der Waals surface area contributed by atoms with E-state index in [1.165, 1.54) is 41.4 Å². The number of anilines is 1. The van der Waals surface area contributed by atoms with Crippen LogP contribution in [-0.2, 0) is 11.3 Å². The van der Waals surface area contributed by atoms with E-state index in [0.717, 1.165) is 32.1 Å².